The Morgan fingerprint density at radius 1 is 1.18 bits per heavy atom. The predicted octanol–water partition coefficient (Wildman–Crippen LogP) is 3.18. The summed E-state index contributed by atoms with van der Waals surface area (Å²) in [7, 11) is 0. The molecule has 2 aromatic rings. The first-order valence-electron chi connectivity index (χ1n) is 10.6. The molecule has 0 aliphatic heterocycles. The van der Waals surface area contributed by atoms with Crippen molar-refractivity contribution >= 4 is 17.5 Å². The average molecular weight is 464 g/mol. The minimum atomic E-state index is -1.19. The van der Waals surface area contributed by atoms with Crippen molar-refractivity contribution in [3.05, 3.63) is 53.3 Å². The highest BCUT2D eigenvalue weighted by atomic mass is 19.1. The van der Waals surface area contributed by atoms with Gasteiger partial charge in [0.2, 0.25) is 0 Å². The molecule has 0 aliphatic carbocycles. The third-order valence-corrected chi connectivity index (χ3v) is 4.75. The van der Waals surface area contributed by atoms with Gasteiger partial charge in [0, 0.05) is 22.9 Å². The Kier molecular flexibility index (Phi) is 9.74. The highest BCUT2D eigenvalue weighted by molar-refractivity contribution is 5.97. The van der Waals surface area contributed by atoms with Crippen LogP contribution in [-0.2, 0) is 9.53 Å². The lowest BCUT2D eigenvalue weighted by Crippen LogP contribution is -2.27. The number of nitrogens with two attached hydrogens (primary N) is 1. The van der Waals surface area contributed by atoms with Crippen LogP contribution in [0, 0.1) is 5.82 Å². The molecule has 0 spiro atoms. The van der Waals surface area contributed by atoms with Crippen molar-refractivity contribution in [2.24, 2.45) is 10.9 Å². The number of carbonyl (C=O) groups is 1. The third kappa shape index (κ3) is 6.98. The molecular formula is C23H30FN3O6. The van der Waals surface area contributed by atoms with Crippen LogP contribution in [0.3, 0.4) is 0 Å². The molecule has 0 radical (unpaired) electrons. The summed E-state index contributed by atoms with van der Waals surface area (Å²) in [6.07, 6.45) is 0.222. The zero-order valence-corrected chi connectivity index (χ0v) is 18.9. The van der Waals surface area contributed by atoms with Crippen LogP contribution in [0.1, 0.15) is 44.4 Å². The molecule has 1 unspecified atom stereocenters. The second-order valence-electron chi connectivity index (χ2n) is 7.12. The number of amidine groups is 1. The normalized spacial score (nSPS) is 13.2. The van der Waals surface area contributed by atoms with E-state index in [-0.39, 0.29) is 48.8 Å². The van der Waals surface area contributed by atoms with Gasteiger partial charge in [0.05, 0.1) is 19.3 Å². The van der Waals surface area contributed by atoms with Gasteiger partial charge in [-0.2, -0.15) is 0 Å². The zero-order valence-electron chi connectivity index (χ0n) is 18.9. The maximum atomic E-state index is 15.1. The number of aliphatic hydroxyl groups is 1. The van der Waals surface area contributed by atoms with E-state index in [9.17, 15) is 4.79 Å². The molecule has 0 heterocycles. The molecule has 5 N–H and O–H groups in total. The molecule has 0 bridgehead atoms. The van der Waals surface area contributed by atoms with E-state index in [1.807, 2.05) is 6.92 Å². The maximum absolute atomic E-state index is 15.1. The molecule has 0 fully saturated rings. The predicted molar refractivity (Wildman–Crippen MR) is 121 cm³/mol. The molecule has 9 nitrogen and oxygen atoms in total. The van der Waals surface area contributed by atoms with E-state index in [4.69, 9.17) is 30.3 Å². The molecule has 0 aromatic heterocycles. The molecular weight excluding hydrogens is 433 g/mol. The second-order valence-corrected chi connectivity index (χ2v) is 7.12. The number of rotatable bonds is 12. The Balaban J connectivity index is 2.46. The molecule has 0 saturated carbocycles. The van der Waals surface area contributed by atoms with Crippen molar-refractivity contribution in [2.45, 2.75) is 39.3 Å². The van der Waals surface area contributed by atoms with E-state index in [1.54, 1.807) is 38.1 Å². The van der Waals surface area contributed by atoms with E-state index in [0.717, 1.165) is 6.07 Å². The summed E-state index contributed by atoms with van der Waals surface area (Å²) in [5, 5.41) is 23.8. The van der Waals surface area contributed by atoms with E-state index in [0.29, 0.717) is 17.7 Å². The fraction of sp³-hybridized carbons (Fsp3) is 0.391. The minimum Gasteiger partial charge on any atom is -0.490 e. The molecule has 0 amide bonds. The van der Waals surface area contributed by atoms with Crippen LogP contribution in [-0.4, -0.2) is 48.0 Å². The number of nitrogens with one attached hydrogen (secondary N) is 1. The van der Waals surface area contributed by atoms with Gasteiger partial charge in [0.15, 0.2) is 23.4 Å². The van der Waals surface area contributed by atoms with Crippen molar-refractivity contribution in [1.82, 2.24) is 0 Å². The van der Waals surface area contributed by atoms with Gasteiger partial charge < -0.3 is 35.6 Å². The van der Waals surface area contributed by atoms with Crippen molar-refractivity contribution in [3.8, 4) is 11.5 Å². The van der Waals surface area contributed by atoms with Gasteiger partial charge in [-0.1, -0.05) is 12.1 Å². The van der Waals surface area contributed by atoms with Gasteiger partial charge in [0.1, 0.15) is 12.4 Å². The molecule has 2 aromatic carbocycles. The average Bonchev–Trinajstić information content (AvgIpc) is 2.82. The lowest BCUT2D eigenvalue weighted by atomic mass is 10.0. The standard InChI is InChI=1S/C23H30FN3O6/c1-4-14(3)33-23(29)21(26-16-8-6-15(7-9-16)22(25)27-30)17-12-19(31-5-2)20(13-18(17)24)32-11-10-28/h6-9,12-14,21,26,28,30H,4-5,10-11H2,1-3H3,(H2,25,27)/t14?,21-/m1/s1. The number of nitrogens with zero attached hydrogens (tertiary/aromatic N) is 1. The Labute approximate surface area is 191 Å². The first kappa shape index (κ1) is 25.7. The summed E-state index contributed by atoms with van der Waals surface area (Å²) in [5.41, 5.74) is 6.54. The number of hydrogen-bond acceptors (Lipinski definition) is 8. The fourth-order valence-corrected chi connectivity index (χ4v) is 2.88. The molecule has 180 valence electrons. The molecule has 2 rings (SSSR count). The summed E-state index contributed by atoms with van der Waals surface area (Å²) < 4.78 is 31.5. The topological polar surface area (TPSA) is 136 Å². The van der Waals surface area contributed by atoms with Gasteiger partial charge >= 0.3 is 5.97 Å². The number of esters is 1. The first-order valence-corrected chi connectivity index (χ1v) is 10.6. The Morgan fingerprint density at radius 2 is 1.85 bits per heavy atom. The molecule has 10 heteroatoms. The summed E-state index contributed by atoms with van der Waals surface area (Å²) >= 11 is 0. The number of ether oxygens (including phenoxy) is 3. The van der Waals surface area contributed by atoms with E-state index >= 15 is 4.39 Å². The van der Waals surface area contributed by atoms with E-state index < -0.39 is 17.8 Å². The number of benzene rings is 2. The number of aliphatic hydroxyl groups excluding tert-OH is 1. The van der Waals surface area contributed by atoms with Crippen LogP contribution < -0.4 is 20.5 Å². The van der Waals surface area contributed by atoms with Crippen molar-refractivity contribution in [1.29, 1.82) is 0 Å². The van der Waals surface area contributed by atoms with E-state index in [1.165, 1.54) is 6.07 Å². The summed E-state index contributed by atoms with van der Waals surface area (Å²) in [6.45, 7) is 5.37. The summed E-state index contributed by atoms with van der Waals surface area (Å²) in [5.74, 6) is -1.11. The highest BCUT2D eigenvalue weighted by Crippen LogP contribution is 2.35. The number of anilines is 1. The number of carbonyl (C=O) groups excluding carboxylic acids is 1. The van der Waals surface area contributed by atoms with Crippen LogP contribution in [0.5, 0.6) is 11.5 Å². The lowest BCUT2D eigenvalue weighted by molar-refractivity contribution is -0.149. The molecule has 33 heavy (non-hydrogen) atoms. The van der Waals surface area contributed by atoms with Crippen LogP contribution in [0.2, 0.25) is 0 Å². The van der Waals surface area contributed by atoms with E-state index in [2.05, 4.69) is 10.5 Å². The van der Waals surface area contributed by atoms with Gasteiger partial charge in [-0.25, -0.2) is 9.18 Å². The maximum Gasteiger partial charge on any atom is 0.333 e. The zero-order chi connectivity index (χ0) is 24.4. The van der Waals surface area contributed by atoms with Crippen molar-refractivity contribution in [3.63, 3.8) is 0 Å². The smallest absolute Gasteiger partial charge is 0.333 e. The summed E-state index contributed by atoms with van der Waals surface area (Å²) in [6, 6.07) is 7.69. The van der Waals surface area contributed by atoms with Crippen LogP contribution in [0.4, 0.5) is 10.1 Å². The monoisotopic (exact) mass is 463 g/mol. The SMILES string of the molecule is CCOc1cc([C@@H](Nc2ccc(/C(N)=N\O)cc2)C(=O)OC(C)CC)c(F)cc1OCCO. The first-order chi connectivity index (χ1) is 15.8. The molecule has 0 aliphatic rings. The van der Waals surface area contributed by atoms with Gasteiger partial charge in [0.25, 0.3) is 0 Å². The fourth-order valence-electron chi connectivity index (χ4n) is 2.88. The van der Waals surface area contributed by atoms with Crippen LogP contribution in [0.15, 0.2) is 41.6 Å². The van der Waals surface area contributed by atoms with Gasteiger partial charge in [-0.15, -0.1) is 0 Å². The Morgan fingerprint density at radius 3 is 2.42 bits per heavy atom. The number of hydrogen-bond donors (Lipinski definition) is 4. The molecule has 0 saturated heterocycles. The largest absolute Gasteiger partial charge is 0.490 e. The van der Waals surface area contributed by atoms with Crippen molar-refractivity contribution < 1.29 is 33.7 Å². The lowest BCUT2D eigenvalue weighted by Gasteiger charge is -2.23. The Hall–Kier alpha value is -3.53. The Bertz CT molecular complexity index is 952. The molecule has 2 atom stereocenters. The van der Waals surface area contributed by atoms with Gasteiger partial charge in [-0.3, -0.25) is 0 Å². The quantitative estimate of drug-likeness (QED) is 0.124. The summed E-state index contributed by atoms with van der Waals surface area (Å²) in [4.78, 5) is 13.0. The van der Waals surface area contributed by atoms with Crippen LogP contribution >= 0.6 is 0 Å². The number of halogens is 1. The highest BCUT2D eigenvalue weighted by Gasteiger charge is 2.28. The second kappa shape index (κ2) is 12.5. The van der Waals surface area contributed by atoms with Crippen LogP contribution in [0.25, 0.3) is 0 Å². The van der Waals surface area contributed by atoms with Crippen molar-refractivity contribution in [2.75, 3.05) is 25.1 Å². The number of oxime groups is 1. The third-order valence-electron chi connectivity index (χ3n) is 4.75. The minimum absolute atomic E-state index is 0.00335. The van der Waals surface area contributed by atoms with Gasteiger partial charge in [-0.05, 0) is 50.6 Å².